The van der Waals surface area contributed by atoms with Crippen LogP contribution in [0.1, 0.15) is 60.5 Å². The molecule has 0 aromatic heterocycles. The molecular weight excluding hydrogens is 549 g/mol. The molecule has 2 aromatic carbocycles. The van der Waals surface area contributed by atoms with Gasteiger partial charge in [0.05, 0.1) is 30.0 Å². The van der Waals surface area contributed by atoms with Crippen LogP contribution in [0, 0.1) is 11.3 Å². The lowest BCUT2D eigenvalue weighted by Gasteiger charge is -2.34. The van der Waals surface area contributed by atoms with Gasteiger partial charge in [0, 0.05) is 42.9 Å². The van der Waals surface area contributed by atoms with Crippen LogP contribution in [-0.2, 0) is 15.8 Å². The lowest BCUT2D eigenvalue weighted by molar-refractivity contribution is -0.138. The molecule has 0 aliphatic carbocycles. The van der Waals surface area contributed by atoms with Gasteiger partial charge in [-0.2, -0.15) is 18.4 Å². The maximum atomic E-state index is 13.4. The highest BCUT2D eigenvalue weighted by atomic mass is 19.4. The molecule has 2 aromatic rings. The molecular formula is C31H33F3N4O4. The molecule has 4 rings (SSSR count). The molecule has 2 aliphatic rings. The highest BCUT2D eigenvalue weighted by Crippen LogP contribution is 2.37. The van der Waals surface area contributed by atoms with Gasteiger partial charge < -0.3 is 9.64 Å². The van der Waals surface area contributed by atoms with Gasteiger partial charge in [0.2, 0.25) is 0 Å². The van der Waals surface area contributed by atoms with Crippen molar-refractivity contribution in [2.24, 2.45) is 0 Å². The number of halogens is 3. The summed E-state index contributed by atoms with van der Waals surface area (Å²) in [6, 6.07) is 11.5. The Morgan fingerprint density at radius 2 is 1.69 bits per heavy atom. The van der Waals surface area contributed by atoms with Crippen LogP contribution in [0.5, 0.6) is 5.75 Å². The number of hydrogen-bond acceptors (Lipinski definition) is 6. The van der Waals surface area contributed by atoms with Crippen LogP contribution < -0.4 is 9.64 Å². The third-order valence-electron chi connectivity index (χ3n) is 7.75. The van der Waals surface area contributed by atoms with Crippen LogP contribution in [0.25, 0.3) is 0 Å². The Kier molecular flexibility index (Phi) is 9.68. The van der Waals surface area contributed by atoms with Gasteiger partial charge in [-0.25, -0.2) is 4.90 Å². The minimum Gasteiger partial charge on any atom is -0.497 e. The number of hydrogen-bond donors (Lipinski definition) is 0. The summed E-state index contributed by atoms with van der Waals surface area (Å²) < 4.78 is 45.4. The van der Waals surface area contributed by atoms with Crippen molar-refractivity contribution < 1.29 is 32.3 Å². The first-order valence-electron chi connectivity index (χ1n) is 13.9. The number of anilines is 1. The quantitative estimate of drug-likeness (QED) is 0.283. The number of carbonyl (C=O) groups is 3. The number of imide groups is 1. The molecule has 0 unspecified atom stereocenters. The lowest BCUT2D eigenvalue weighted by Crippen LogP contribution is -2.48. The van der Waals surface area contributed by atoms with Crippen molar-refractivity contribution in [1.82, 2.24) is 9.80 Å². The number of benzene rings is 2. The molecule has 8 nitrogen and oxygen atoms in total. The van der Waals surface area contributed by atoms with Crippen molar-refractivity contribution in [3.8, 4) is 11.8 Å². The van der Waals surface area contributed by atoms with Crippen molar-refractivity contribution in [2.45, 2.75) is 45.2 Å². The summed E-state index contributed by atoms with van der Waals surface area (Å²) in [5.41, 5.74) is -0.787. The molecule has 0 atom stereocenters. The van der Waals surface area contributed by atoms with Crippen LogP contribution in [-0.4, -0.2) is 67.4 Å². The highest BCUT2D eigenvalue weighted by molar-refractivity contribution is 6.32. The number of nitriles is 1. The number of piperazine rings is 1. The van der Waals surface area contributed by atoms with E-state index >= 15 is 0 Å². The van der Waals surface area contributed by atoms with E-state index in [-0.39, 0.29) is 17.2 Å². The third kappa shape index (κ3) is 6.82. The Labute approximate surface area is 242 Å². The van der Waals surface area contributed by atoms with Crippen LogP contribution in [0.2, 0.25) is 0 Å². The molecule has 3 amide bonds. The minimum atomic E-state index is -4.79. The van der Waals surface area contributed by atoms with E-state index in [2.05, 4.69) is 4.90 Å². The van der Waals surface area contributed by atoms with Crippen molar-refractivity contribution in [1.29, 1.82) is 5.26 Å². The molecule has 11 heteroatoms. The van der Waals surface area contributed by atoms with E-state index in [1.54, 1.807) is 31.4 Å². The second-order valence-electron chi connectivity index (χ2n) is 10.4. The molecule has 0 bridgehead atoms. The molecule has 222 valence electrons. The first kappa shape index (κ1) is 30.8. The average Bonchev–Trinajstić information content (AvgIpc) is 3.20. The lowest BCUT2D eigenvalue weighted by atomic mass is 10.0. The second kappa shape index (κ2) is 13.2. The van der Waals surface area contributed by atoms with E-state index in [4.69, 9.17) is 10.00 Å². The number of methoxy groups -OCH3 is 1. The number of ether oxygens (including phenoxy) is 1. The molecule has 0 saturated carbocycles. The Bertz CT molecular complexity index is 1420. The standard InChI is InChI=1S/C31H33F3N4O4/c1-21-26(30(41)38(28(21)39)24-12-11-23(20-35)27(19-24)31(32,33)34)10-5-3-4-6-13-36-14-16-37(17-15-36)29(40)22-8-7-9-25(18-22)42-2/h7-9,11-12,18-19H,3-6,10,13-17H2,1-2H3. The minimum absolute atomic E-state index is 0.00312. The van der Waals surface area contributed by atoms with Gasteiger partial charge in [-0.1, -0.05) is 18.9 Å². The molecule has 0 spiro atoms. The fourth-order valence-corrected chi connectivity index (χ4v) is 5.32. The number of alkyl halides is 3. The van der Waals surface area contributed by atoms with E-state index in [0.29, 0.717) is 48.9 Å². The van der Waals surface area contributed by atoms with Crippen molar-refractivity contribution in [3.63, 3.8) is 0 Å². The Morgan fingerprint density at radius 1 is 0.976 bits per heavy atom. The van der Waals surface area contributed by atoms with Crippen LogP contribution >= 0.6 is 0 Å². The summed E-state index contributed by atoms with van der Waals surface area (Å²) in [6.45, 7) is 5.30. The van der Waals surface area contributed by atoms with Gasteiger partial charge in [0.15, 0.2) is 0 Å². The zero-order valence-electron chi connectivity index (χ0n) is 23.7. The van der Waals surface area contributed by atoms with E-state index < -0.39 is 29.1 Å². The first-order chi connectivity index (χ1) is 20.0. The van der Waals surface area contributed by atoms with Gasteiger partial charge in [-0.05, 0) is 69.1 Å². The fraction of sp³-hybridized carbons (Fsp3) is 0.419. The Hall–Kier alpha value is -4.17. The fourth-order valence-electron chi connectivity index (χ4n) is 5.32. The van der Waals surface area contributed by atoms with Gasteiger partial charge in [0.1, 0.15) is 5.75 Å². The summed E-state index contributed by atoms with van der Waals surface area (Å²) in [4.78, 5) is 43.6. The Morgan fingerprint density at radius 3 is 2.36 bits per heavy atom. The number of rotatable bonds is 10. The van der Waals surface area contributed by atoms with E-state index in [1.807, 2.05) is 4.90 Å². The number of unbranched alkanes of at least 4 members (excludes halogenated alkanes) is 3. The average molecular weight is 583 g/mol. The van der Waals surface area contributed by atoms with Crippen LogP contribution in [0.15, 0.2) is 53.6 Å². The molecule has 0 radical (unpaired) electrons. The molecule has 2 heterocycles. The maximum absolute atomic E-state index is 13.4. The largest absolute Gasteiger partial charge is 0.497 e. The molecule has 42 heavy (non-hydrogen) atoms. The summed E-state index contributed by atoms with van der Waals surface area (Å²) in [5.74, 6) is -0.608. The zero-order chi connectivity index (χ0) is 30.4. The third-order valence-corrected chi connectivity index (χ3v) is 7.75. The van der Waals surface area contributed by atoms with E-state index in [1.165, 1.54) is 19.1 Å². The number of carbonyl (C=O) groups excluding carboxylic acids is 3. The zero-order valence-corrected chi connectivity index (χ0v) is 23.7. The van der Waals surface area contributed by atoms with Crippen molar-refractivity contribution in [3.05, 3.63) is 70.3 Å². The normalized spacial score (nSPS) is 16.3. The number of nitrogens with zero attached hydrogens (tertiary/aromatic N) is 4. The molecule has 2 aliphatic heterocycles. The van der Waals surface area contributed by atoms with E-state index in [9.17, 15) is 27.6 Å². The predicted octanol–water partition coefficient (Wildman–Crippen LogP) is 5.18. The molecule has 1 saturated heterocycles. The smallest absolute Gasteiger partial charge is 0.417 e. The van der Waals surface area contributed by atoms with Crippen LogP contribution in [0.3, 0.4) is 0 Å². The SMILES string of the molecule is COc1cccc(C(=O)N2CCN(CCCCCCC3=C(C)C(=O)N(c4ccc(C#N)c(C(F)(F)F)c4)C3=O)CC2)c1. The second-order valence-corrected chi connectivity index (χ2v) is 10.4. The van der Waals surface area contributed by atoms with Gasteiger partial charge in [-0.3, -0.25) is 19.3 Å². The van der Waals surface area contributed by atoms with Crippen molar-refractivity contribution >= 4 is 23.4 Å². The van der Waals surface area contributed by atoms with Crippen molar-refractivity contribution in [2.75, 3.05) is 44.7 Å². The van der Waals surface area contributed by atoms with Crippen LogP contribution in [0.4, 0.5) is 18.9 Å². The maximum Gasteiger partial charge on any atom is 0.417 e. The van der Waals surface area contributed by atoms with Gasteiger partial charge in [0.25, 0.3) is 17.7 Å². The first-order valence-corrected chi connectivity index (χ1v) is 13.9. The van der Waals surface area contributed by atoms with Gasteiger partial charge in [-0.15, -0.1) is 0 Å². The Balaban J connectivity index is 1.20. The molecule has 0 N–H and O–H groups in total. The summed E-state index contributed by atoms with van der Waals surface area (Å²) in [7, 11) is 1.57. The predicted molar refractivity (Wildman–Crippen MR) is 150 cm³/mol. The number of amides is 3. The monoisotopic (exact) mass is 582 g/mol. The topological polar surface area (TPSA) is 93.9 Å². The highest BCUT2D eigenvalue weighted by Gasteiger charge is 2.39. The molecule has 1 fully saturated rings. The summed E-state index contributed by atoms with van der Waals surface area (Å²) in [6.07, 6.45) is -1.05. The summed E-state index contributed by atoms with van der Waals surface area (Å²) in [5, 5.41) is 9.02. The van der Waals surface area contributed by atoms with E-state index in [0.717, 1.165) is 49.9 Å². The van der Waals surface area contributed by atoms with Gasteiger partial charge >= 0.3 is 6.18 Å². The summed E-state index contributed by atoms with van der Waals surface area (Å²) >= 11 is 0.